The third-order valence-corrected chi connectivity index (χ3v) is 8.99. The van der Waals surface area contributed by atoms with Crippen LogP contribution in [0.4, 0.5) is 11.4 Å². The van der Waals surface area contributed by atoms with Crippen LogP contribution < -0.4 is 4.90 Å². The number of anilines is 1. The fourth-order valence-corrected chi connectivity index (χ4v) is 6.76. The minimum absolute atomic E-state index is 0.00602. The molecule has 6 nitrogen and oxygen atoms in total. The molecule has 0 N–H and O–H groups in total. The Balaban J connectivity index is 1.45. The van der Waals surface area contributed by atoms with Gasteiger partial charge in [0.05, 0.1) is 17.4 Å². The minimum Gasteiger partial charge on any atom is -0.455 e. The second kappa shape index (κ2) is 11.0. The fraction of sp³-hybridized carbons (Fsp3) is 0.0513. The minimum atomic E-state index is -0.662. The van der Waals surface area contributed by atoms with E-state index < -0.39 is 10.8 Å². The van der Waals surface area contributed by atoms with Crippen LogP contribution in [0.2, 0.25) is 5.02 Å². The Morgan fingerprint density at radius 1 is 0.783 bits per heavy atom. The van der Waals surface area contributed by atoms with E-state index in [1.165, 1.54) is 12.1 Å². The molecule has 1 atom stereocenters. The molecule has 1 amide bonds. The first kappa shape index (κ1) is 27.8. The summed E-state index contributed by atoms with van der Waals surface area (Å²) < 4.78 is 6.87. The maximum Gasteiger partial charge on any atom is 0.269 e. The van der Waals surface area contributed by atoms with Crippen LogP contribution >= 0.6 is 11.6 Å². The highest BCUT2D eigenvalue weighted by molar-refractivity contribution is 6.30. The third-order valence-electron chi connectivity index (χ3n) is 8.74. The topological polar surface area (TPSA) is 76.6 Å². The molecule has 6 aromatic carbocycles. The van der Waals surface area contributed by atoms with E-state index in [9.17, 15) is 14.9 Å². The van der Waals surface area contributed by atoms with Crippen molar-refractivity contribution in [2.45, 2.75) is 12.5 Å². The lowest BCUT2D eigenvalue weighted by molar-refractivity contribution is -0.384. The van der Waals surface area contributed by atoms with Crippen LogP contribution in [0.3, 0.4) is 0 Å². The van der Waals surface area contributed by atoms with E-state index in [0.29, 0.717) is 22.9 Å². The van der Waals surface area contributed by atoms with Gasteiger partial charge in [0.25, 0.3) is 5.69 Å². The van der Waals surface area contributed by atoms with Crippen molar-refractivity contribution in [3.8, 4) is 22.5 Å². The highest BCUT2D eigenvalue weighted by atomic mass is 35.5. The van der Waals surface area contributed by atoms with E-state index >= 15 is 0 Å². The number of carbonyl (C=O) groups is 1. The zero-order valence-electron chi connectivity index (χ0n) is 24.4. The van der Waals surface area contributed by atoms with Crippen molar-refractivity contribution in [1.82, 2.24) is 0 Å². The van der Waals surface area contributed by atoms with E-state index in [1.807, 2.05) is 108 Å². The summed E-state index contributed by atoms with van der Waals surface area (Å²) in [6.45, 7) is 0.428. The number of nitro groups is 1. The van der Waals surface area contributed by atoms with Gasteiger partial charge in [0.15, 0.2) is 0 Å². The van der Waals surface area contributed by atoms with Gasteiger partial charge in [-0.2, -0.15) is 0 Å². The summed E-state index contributed by atoms with van der Waals surface area (Å²) in [5.74, 6) is -0.128. The number of furan rings is 1. The van der Waals surface area contributed by atoms with Crippen LogP contribution in [-0.2, 0) is 11.3 Å². The number of carbonyl (C=O) groups excluding carboxylic acids is 1. The number of hydrogen-bond acceptors (Lipinski definition) is 4. The molecule has 0 saturated heterocycles. The lowest BCUT2D eigenvalue weighted by atomic mass is 9.85. The Hall–Kier alpha value is -5.72. The summed E-state index contributed by atoms with van der Waals surface area (Å²) in [7, 11) is 0. The number of para-hydroxylation sites is 1. The molecular formula is C39H25ClN2O4. The highest BCUT2D eigenvalue weighted by Crippen LogP contribution is 2.51. The number of amides is 1. The zero-order valence-corrected chi connectivity index (χ0v) is 25.1. The van der Waals surface area contributed by atoms with Crippen LogP contribution in [0, 0.1) is 10.1 Å². The molecular weight excluding hydrogens is 596 g/mol. The SMILES string of the molecule is O=C1[C@H](c2c(-c3ccc(Cl)cc3)oc3c2c(-c2ccc([N+](=O)[O-])cc2)cc2ccccc23)c2ccccc2N1Cc1ccccc1. The lowest BCUT2D eigenvalue weighted by Crippen LogP contribution is -2.28. The van der Waals surface area contributed by atoms with Gasteiger partial charge in [0.2, 0.25) is 5.91 Å². The smallest absolute Gasteiger partial charge is 0.269 e. The lowest BCUT2D eigenvalue weighted by Gasteiger charge is -2.19. The molecule has 7 aromatic rings. The number of fused-ring (bicyclic) bond motifs is 4. The van der Waals surface area contributed by atoms with Crippen LogP contribution in [0.15, 0.2) is 138 Å². The maximum atomic E-state index is 14.8. The van der Waals surface area contributed by atoms with Gasteiger partial charge < -0.3 is 9.32 Å². The van der Waals surface area contributed by atoms with Gasteiger partial charge in [-0.1, -0.05) is 84.4 Å². The van der Waals surface area contributed by atoms with Crippen molar-refractivity contribution < 1.29 is 14.1 Å². The van der Waals surface area contributed by atoms with Gasteiger partial charge in [0.1, 0.15) is 11.3 Å². The van der Waals surface area contributed by atoms with Crippen LogP contribution in [0.5, 0.6) is 0 Å². The fourth-order valence-electron chi connectivity index (χ4n) is 6.63. The Morgan fingerprint density at radius 3 is 2.22 bits per heavy atom. The van der Waals surface area contributed by atoms with E-state index in [1.54, 1.807) is 12.1 Å². The molecule has 8 rings (SSSR count). The summed E-state index contributed by atoms with van der Waals surface area (Å²) in [6, 6.07) is 41.9. The van der Waals surface area contributed by atoms with Gasteiger partial charge >= 0.3 is 0 Å². The summed E-state index contributed by atoms with van der Waals surface area (Å²) in [5.41, 5.74) is 6.59. The molecule has 0 saturated carbocycles. The first-order valence-corrected chi connectivity index (χ1v) is 15.3. The molecule has 0 aliphatic carbocycles. The summed E-state index contributed by atoms with van der Waals surface area (Å²) in [6.07, 6.45) is 0. The predicted molar refractivity (Wildman–Crippen MR) is 182 cm³/mol. The number of nitro benzene ring substituents is 1. The zero-order chi connectivity index (χ0) is 31.4. The van der Waals surface area contributed by atoms with E-state index in [2.05, 4.69) is 6.07 Å². The molecule has 0 spiro atoms. The average molecular weight is 621 g/mol. The molecule has 1 aromatic heterocycles. The standard InChI is InChI=1S/C39H25ClN2O4/c40-28-18-14-26(15-19-28)37-36(35-31-12-6-7-13-33(31)41(39(35)43)23-24-8-2-1-3-9-24)34-32(25-16-20-29(21-17-25)42(44)45)22-27-10-4-5-11-30(27)38(34)46-37/h1-22,35H,23H2/t35-/m0/s1. The molecule has 7 heteroatoms. The highest BCUT2D eigenvalue weighted by Gasteiger charge is 2.42. The molecule has 0 radical (unpaired) electrons. The van der Waals surface area contributed by atoms with Crippen molar-refractivity contribution >= 4 is 50.6 Å². The van der Waals surface area contributed by atoms with Crippen LogP contribution in [-0.4, -0.2) is 10.8 Å². The average Bonchev–Trinajstić information content (AvgIpc) is 3.60. The first-order valence-electron chi connectivity index (χ1n) is 14.9. The number of rotatable bonds is 6. The second-order valence-corrected chi connectivity index (χ2v) is 11.8. The molecule has 2 heterocycles. The molecule has 0 fully saturated rings. The Morgan fingerprint density at radius 2 is 1.46 bits per heavy atom. The quantitative estimate of drug-likeness (QED) is 0.137. The number of benzene rings is 6. The maximum absolute atomic E-state index is 14.8. The van der Waals surface area contributed by atoms with Crippen molar-refractivity contribution in [3.05, 3.63) is 165 Å². The summed E-state index contributed by atoms with van der Waals surface area (Å²) in [5, 5.41) is 14.8. The second-order valence-electron chi connectivity index (χ2n) is 11.4. The van der Waals surface area contributed by atoms with E-state index in [-0.39, 0.29) is 11.6 Å². The van der Waals surface area contributed by atoms with Crippen molar-refractivity contribution in [2.75, 3.05) is 4.90 Å². The third kappa shape index (κ3) is 4.54. The van der Waals surface area contributed by atoms with Gasteiger partial charge in [-0.3, -0.25) is 14.9 Å². The van der Waals surface area contributed by atoms with E-state index in [4.69, 9.17) is 16.0 Å². The van der Waals surface area contributed by atoms with Crippen molar-refractivity contribution in [3.63, 3.8) is 0 Å². The molecule has 0 unspecified atom stereocenters. The monoisotopic (exact) mass is 620 g/mol. The molecule has 46 heavy (non-hydrogen) atoms. The van der Waals surface area contributed by atoms with Crippen molar-refractivity contribution in [1.29, 1.82) is 0 Å². The predicted octanol–water partition coefficient (Wildman–Crippen LogP) is 10.2. The normalized spacial score (nSPS) is 14.2. The molecule has 0 bridgehead atoms. The van der Waals surface area contributed by atoms with Gasteiger partial charge in [0, 0.05) is 44.7 Å². The summed E-state index contributed by atoms with van der Waals surface area (Å²) >= 11 is 6.31. The molecule has 222 valence electrons. The van der Waals surface area contributed by atoms with Gasteiger partial charge in [-0.05, 0) is 76.2 Å². The number of non-ortho nitro benzene ring substituents is 1. The Labute approximate surface area is 269 Å². The largest absolute Gasteiger partial charge is 0.455 e. The number of halogens is 1. The van der Waals surface area contributed by atoms with Gasteiger partial charge in [-0.15, -0.1) is 0 Å². The molecule has 1 aliphatic rings. The first-order chi connectivity index (χ1) is 22.5. The Kier molecular flexibility index (Phi) is 6.66. The number of nitrogens with zero attached hydrogens (tertiary/aromatic N) is 2. The molecule has 1 aliphatic heterocycles. The Bertz CT molecular complexity index is 2290. The van der Waals surface area contributed by atoms with Crippen molar-refractivity contribution in [2.24, 2.45) is 0 Å². The van der Waals surface area contributed by atoms with E-state index in [0.717, 1.165) is 55.2 Å². The van der Waals surface area contributed by atoms with Crippen LogP contribution in [0.25, 0.3) is 44.2 Å². The van der Waals surface area contributed by atoms with Gasteiger partial charge in [-0.25, -0.2) is 0 Å². The van der Waals surface area contributed by atoms with Crippen LogP contribution in [0.1, 0.15) is 22.6 Å². The number of hydrogen-bond donors (Lipinski definition) is 0. The summed E-state index contributed by atoms with van der Waals surface area (Å²) in [4.78, 5) is 27.7.